The highest BCUT2D eigenvalue weighted by Gasteiger charge is 2.19. The van der Waals surface area contributed by atoms with Crippen LogP contribution >= 0.6 is 11.8 Å². The van der Waals surface area contributed by atoms with Crippen molar-refractivity contribution in [3.63, 3.8) is 0 Å². The molecule has 4 amide bonds. The second-order valence-corrected chi connectivity index (χ2v) is 7.20. The number of rotatable bonds is 7. The van der Waals surface area contributed by atoms with Crippen LogP contribution in [0.3, 0.4) is 0 Å². The van der Waals surface area contributed by atoms with Crippen molar-refractivity contribution in [2.75, 3.05) is 12.4 Å². The van der Waals surface area contributed by atoms with Crippen molar-refractivity contribution < 1.29 is 23.9 Å². The molecule has 0 aromatic heterocycles. The number of carbonyl (C=O) groups excluding carboxylic acids is 4. The molecule has 0 aliphatic heterocycles. The Bertz CT molecular complexity index is 704. The molecule has 0 heterocycles. The van der Waals surface area contributed by atoms with Crippen molar-refractivity contribution in [3.8, 4) is 0 Å². The molecular formula is C18H23N3O5S. The van der Waals surface area contributed by atoms with Crippen molar-refractivity contribution in [1.82, 2.24) is 10.6 Å². The van der Waals surface area contributed by atoms with Gasteiger partial charge in [-0.2, -0.15) is 0 Å². The molecule has 4 N–H and O–H groups in total. The monoisotopic (exact) mass is 393 g/mol. The van der Waals surface area contributed by atoms with Crippen LogP contribution in [0.25, 0.3) is 0 Å². The minimum Gasteiger partial charge on any atom is -0.452 e. The van der Waals surface area contributed by atoms with Crippen molar-refractivity contribution in [1.29, 1.82) is 0 Å². The average Bonchev–Trinajstić information content (AvgIpc) is 2.65. The SMILES string of the molecule is NC(=O)CSc1ccccc1C(=O)OCC(=O)NC(=O)NC1CCCCC1. The summed E-state index contributed by atoms with van der Waals surface area (Å²) in [4.78, 5) is 47.2. The standard InChI is InChI=1S/C18H23N3O5S/c19-15(22)11-27-14-9-5-4-8-13(14)17(24)26-10-16(23)21-18(25)20-12-6-2-1-3-7-12/h4-5,8-9,12H,1-3,6-7,10-11H2,(H2,19,22)(H2,20,21,23,25). The van der Waals surface area contributed by atoms with E-state index in [1.54, 1.807) is 18.2 Å². The van der Waals surface area contributed by atoms with Gasteiger partial charge in [-0.15, -0.1) is 11.8 Å². The summed E-state index contributed by atoms with van der Waals surface area (Å²) in [7, 11) is 0. The number of amides is 4. The first kappa shape index (κ1) is 20.8. The van der Waals surface area contributed by atoms with Gasteiger partial charge in [0.05, 0.1) is 11.3 Å². The van der Waals surface area contributed by atoms with Gasteiger partial charge in [0.25, 0.3) is 5.91 Å². The van der Waals surface area contributed by atoms with Crippen LogP contribution in [-0.4, -0.2) is 42.2 Å². The number of esters is 1. The molecule has 8 nitrogen and oxygen atoms in total. The fraction of sp³-hybridized carbons (Fsp3) is 0.444. The van der Waals surface area contributed by atoms with E-state index in [1.807, 2.05) is 0 Å². The molecule has 0 radical (unpaired) electrons. The minimum atomic E-state index is -0.717. The van der Waals surface area contributed by atoms with Crippen LogP contribution in [0.1, 0.15) is 42.5 Å². The Kier molecular flexibility index (Phi) is 8.12. The van der Waals surface area contributed by atoms with E-state index in [0.29, 0.717) is 4.90 Å². The van der Waals surface area contributed by atoms with E-state index < -0.39 is 30.4 Å². The Morgan fingerprint density at radius 2 is 1.81 bits per heavy atom. The van der Waals surface area contributed by atoms with Gasteiger partial charge in [0.1, 0.15) is 0 Å². The number of carbonyl (C=O) groups is 4. The van der Waals surface area contributed by atoms with Crippen LogP contribution in [-0.2, 0) is 14.3 Å². The maximum Gasteiger partial charge on any atom is 0.339 e. The summed E-state index contributed by atoms with van der Waals surface area (Å²) in [5.74, 6) is -1.91. The number of benzene rings is 1. The Morgan fingerprint density at radius 1 is 1.11 bits per heavy atom. The van der Waals surface area contributed by atoms with Crippen LogP contribution < -0.4 is 16.4 Å². The summed E-state index contributed by atoms with van der Waals surface area (Å²) < 4.78 is 4.97. The molecule has 1 aromatic carbocycles. The van der Waals surface area contributed by atoms with E-state index >= 15 is 0 Å². The quantitative estimate of drug-likeness (QED) is 0.477. The normalized spacial score (nSPS) is 14.2. The number of primary amides is 1. The molecular weight excluding hydrogens is 370 g/mol. The summed E-state index contributed by atoms with van der Waals surface area (Å²) in [5, 5.41) is 4.90. The van der Waals surface area contributed by atoms with Gasteiger partial charge in [0, 0.05) is 10.9 Å². The second-order valence-electron chi connectivity index (χ2n) is 6.18. The van der Waals surface area contributed by atoms with Gasteiger partial charge in [-0.3, -0.25) is 14.9 Å². The lowest BCUT2D eigenvalue weighted by molar-refractivity contribution is -0.123. The van der Waals surface area contributed by atoms with Gasteiger partial charge in [0.2, 0.25) is 5.91 Å². The minimum absolute atomic E-state index is 0.0200. The lowest BCUT2D eigenvalue weighted by Crippen LogP contribution is -2.46. The van der Waals surface area contributed by atoms with Crippen molar-refractivity contribution >= 4 is 35.6 Å². The number of ether oxygens (including phenoxy) is 1. The van der Waals surface area contributed by atoms with E-state index in [1.165, 1.54) is 6.07 Å². The van der Waals surface area contributed by atoms with Crippen LogP contribution in [0.5, 0.6) is 0 Å². The van der Waals surface area contributed by atoms with Crippen LogP contribution in [0, 0.1) is 0 Å². The topological polar surface area (TPSA) is 128 Å². The zero-order valence-electron chi connectivity index (χ0n) is 14.9. The summed E-state index contributed by atoms with van der Waals surface area (Å²) in [5.41, 5.74) is 5.34. The molecule has 146 valence electrons. The summed E-state index contributed by atoms with van der Waals surface area (Å²) in [6.45, 7) is -0.578. The number of nitrogens with two attached hydrogens (primary N) is 1. The van der Waals surface area contributed by atoms with E-state index in [2.05, 4.69) is 10.6 Å². The lowest BCUT2D eigenvalue weighted by atomic mass is 9.96. The van der Waals surface area contributed by atoms with Crippen molar-refractivity contribution in [3.05, 3.63) is 29.8 Å². The van der Waals surface area contributed by atoms with Crippen molar-refractivity contribution in [2.45, 2.75) is 43.0 Å². The molecule has 0 bridgehead atoms. The highest BCUT2D eigenvalue weighted by molar-refractivity contribution is 8.00. The molecule has 27 heavy (non-hydrogen) atoms. The largest absolute Gasteiger partial charge is 0.452 e. The average molecular weight is 393 g/mol. The number of imide groups is 1. The van der Waals surface area contributed by atoms with Crippen LogP contribution in [0.4, 0.5) is 4.79 Å². The van der Waals surface area contributed by atoms with Gasteiger partial charge >= 0.3 is 12.0 Å². The molecule has 0 spiro atoms. The van der Waals surface area contributed by atoms with Gasteiger partial charge in [-0.05, 0) is 25.0 Å². The smallest absolute Gasteiger partial charge is 0.339 e. The molecule has 1 aromatic rings. The Morgan fingerprint density at radius 3 is 2.52 bits per heavy atom. The maximum atomic E-state index is 12.2. The second kappa shape index (κ2) is 10.6. The van der Waals surface area contributed by atoms with Crippen LogP contribution in [0.15, 0.2) is 29.2 Å². The molecule has 1 fully saturated rings. The van der Waals surface area contributed by atoms with Crippen LogP contribution in [0.2, 0.25) is 0 Å². The highest BCUT2D eigenvalue weighted by atomic mass is 32.2. The highest BCUT2D eigenvalue weighted by Crippen LogP contribution is 2.23. The van der Waals surface area contributed by atoms with Gasteiger partial charge in [-0.25, -0.2) is 9.59 Å². The number of thioether (sulfide) groups is 1. The van der Waals surface area contributed by atoms with Gasteiger partial charge in [0.15, 0.2) is 6.61 Å². The van der Waals surface area contributed by atoms with Crippen molar-refractivity contribution in [2.24, 2.45) is 5.73 Å². The summed E-state index contributed by atoms with van der Waals surface area (Å²) in [6, 6.07) is 6.02. The third kappa shape index (κ3) is 7.30. The third-order valence-corrected chi connectivity index (χ3v) is 5.10. The molecule has 1 saturated carbocycles. The Labute approximate surface area is 161 Å². The van der Waals surface area contributed by atoms with E-state index in [-0.39, 0.29) is 17.4 Å². The van der Waals surface area contributed by atoms with E-state index in [4.69, 9.17) is 10.5 Å². The molecule has 0 unspecified atom stereocenters. The molecule has 9 heteroatoms. The molecule has 0 saturated heterocycles. The lowest BCUT2D eigenvalue weighted by Gasteiger charge is -2.22. The zero-order chi connectivity index (χ0) is 19.6. The zero-order valence-corrected chi connectivity index (χ0v) is 15.7. The first-order valence-corrected chi connectivity index (χ1v) is 9.72. The van der Waals surface area contributed by atoms with E-state index in [0.717, 1.165) is 43.9 Å². The van der Waals surface area contributed by atoms with Gasteiger partial charge < -0.3 is 15.8 Å². The summed E-state index contributed by atoms with van der Waals surface area (Å²) in [6.07, 6.45) is 5.08. The molecule has 1 aliphatic carbocycles. The first-order chi connectivity index (χ1) is 13.0. The maximum absolute atomic E-state index is 12.2. The number of hydrogen-bond donors (Lipinski definition) is 3. The first-order valence-electron chi connectivity index (χ1n) is 8.73. The number of nitrogens with one attached hydrogen (secondary N) is 2. The number of hydrogen-bond acceptors (Lipinski definition) is 6. The van der Waals surface area contributed by atoms with E-state index in [9.17, 15) is 19.2 Å². The predicted octanol–water partition coefficient (Wildman–Crippen LogP) is 1.58. The third-order valence-electron chi connectivity index (χ3n) is 4.00. The number of urea groups is 1. The molecule has 0 atom stereocenters. The predicted molar refractivity (Wildman–Crippen MR) is 100 cm³/mol. The molecule has 1 aliphatic rings. The summed E-state index contributed by atoms with van der Waals surface area (Å²) >= 11 is 1.11. The molecule has 2 rings (SSSR count). The fourth-order valence-corrected chi connectivity index (χ4v) is 3.53. The Balaban J connectivity index is 1.79. The van der Waals surface area contributed by atoms with Gasteiger partial charge in [-0.1, -0.05) is 31.4 Å². The Hall–Kier alpha value is -2.55. The fourth-order valence-electron chi connectivity index (χ4n) is 2.75.